The summed E-state index contributed by atoms with van der Waals surface area (Å²) in [6.07, 6.45) is 0. The van der Waals surface area contributed by atoms with E-state index >= 15 is 0 Å². The lowest BCUT2D eigenvalue weighted by Crippen LogP contribution is -2.29. The molecule has 4 rings (SSSR count). The fourth-order valence-corrected chi connectivity index (χ4v) is 4.63. The first-order valence-electron chi connectivity index (χ1n) is 12.5. The number of benzene rings is 3. The zero-order valence-corrected chi connectivity index (χ0v) is 22.6. The molecule has 3 aromatic carbocycles. The summed E-state index contributed by atoms with van der Waals surface area (Å²) >= 11 is 0. The third-order valence-corrected chi connectivity index (χ3v) is 6.89. The quantitative estimate of drug-likeness (QED) is 0.241. The Labute approximate surface area is 219 Å². The van der Waals surface area contributed by atoms with Gasteiger partial charge in [0.25, 0.3) is 11.7 Å². The Bertz CT molecular complexity index is 1350. The number of ether oxygens (including phenoxy) is 1. The summed E-state index contributed by atoms with van der Waals surface area (Å²) in [5, 5.41) is 11.4. The molecule has 1 saturated heterocycles. The summed E-state index contributed by atoms with van der Waals surface area (Å²) in [6, 6.07) is 21.7. The number of carbonyl (C=O) groups excluding carboxylic acids is 2. The number of aliphatic hydroxyl groups excluding tert-OH is 1. The van der Waals surface area contributed by atoms with E-state index in [9.17, 15) is 14.7 Å². The van der Waals surface area contributed by atoms with Gasteiger partial charge in [-0.25, -0.2) is 0 Å². The van der Waals surface area contributed by atoms with E-state index in [4.69, 9.17) is 4.74 Å². The smallest absolute Gasteiger partial charge is 0.300 e. The van der Waals surface area contributed by atoms with Crippen molar-refractivity contribution in [2.75, 3.05) is 12.0 Å². The van der Waals surface area contributed by atoms with Crippen molar-refractivity contribution in [3.05, 3.63) is 101 Å². The highest BCUT2D eigenvalue weighted by Crippen LogP contribution is 2.43. The van der Waals surface area contributed by atoms with Crippen molar-refractivity contribution < 1.29 is 19.4 Å². The maximum atomic E-state index is 13.5. The second-order valence-corrected chi connectivity index (χ2v) is 11.6. The molecule has 0 spiro atoms. The van der Waals surface area contributed by atoms with E-state index in [0.29, 0.717) is 17.0 Å². The summed E-state index contributed by atoms with van der Waals surface area (Å²) in [5.74, 6) is -1.07. The zero-order valence-electron chi connectivity index (χ0n) is 22.6. The minimum absolute atomic E-state index is 0.0519. The summed E-state index contributed by atoms with van der Waals surface area (Å²) < 4.78 is 5.31. The summed E-state index contributed by atoms with van der Waals surface area (Å²) in [4.78, 5) is 28.4. The van der Waals surface area contributed by atoms with Crippen LogP contribution in [0.15, 0.2) is 78.4 Å². The van der Waals surface area contributed by atoms with Crippen molar-refractivity contribution in [1.29, 1.82) is 0 Å². The third-order valence-electron chi connectivity index (χ3n) is 6.89. The number of Topliss-reactive ketones (excluding diaryl/α,β-unsaturated/α-hetero) is 1. The van der Waals surface area contributed by atoms with Gasteiger partial charge in [0.05, 0.1) is 18.7 Å². The first kappa shape index (κ1) is 26.2. The number of anilines is 1. The number of hydrogen-bond donors (Lipinski definition) is 1. The maximum Gasteiger partial charge on any atom is 0.300 e. The Balaban J connectivity index is 1.91. The topological polar surface area (TPSA) is 66.8 Å². The van der Waals surface area contributed by atoms with Gasteiger partial charge in [-0.1, -0.05) is 90.1 Å². The van der Waals surface area contributed by atoms with Crippen molar-refractivity contribution in [1.82, 2.24) is 0 Å². The van der Waals surface area contributed by atoms with Crippen molar-refractivity contribution in [3.63, 3.8) is 0 Å². The van der Waals surface area contributed by atoms with E-state index < -0.39 is 17.7 Å². The Morgan fingerprint density at radius 1 is 0.811 bits per heavy atom. The van der Waals surface area contributed by atoms with Gasteiger partial charge in [0.15, 0.2) is 0 Å². The van der Waals surface area contributed by atoms with Crippen molar-refractivity contribution in [2.24, 2.45) is 0 Å². The molecular weight excluding hydrogens is 462 g/mol. The highest BCUT2D eigenvalue weighted by molar-refractivity contribution is 6.51. The van der Waals surface area contributed by atoms with E-state index in [2.05, 4.69) is 41.5 Å². The lowest BCUT2D eigenvalue weighted by Gasteiger charge is -2.27. The van der Waals surface area contributed by atoms with Crippen LogP contribution < -0.4 is 9.64 Å². The molecule has 0 aromatic heterocycles. The Hall–Kier alpha value is -3.86. The second kappa shape index (κ2) is 9.55. The minimum atomic E-state index is -0.777. The Morgan fingerprint density at radius 2 is 1.35 bits per heavy atom. The fourth-order valence-electron chi connectivity index (χ4n) is 4.63. The van der Waals surface area contributed by atoms with Crippen LogP contribution in [0.5, 0.6) is 5.75 Å². The molecule has 0 aliphatic carbocycles. The van der Waals surface area contributed by atoms with Gasteiger partial charge in [-0.2, -0.15) is 0 Å². The van der Waals surface area contributed by atoms with E-state index in [1.54, 1.807) is 24.3 Å². The largest absolute Gasteiger partial charge is 0.507 e. The lowest BCUT2D eigenvalue weighted by atomic mass is 9.85. The Morgan fingerprint density at radius 3 is 1.86 bits per heavy atom. The van der Waals surface area contributed by atoms with E-state index in [0.717, 1.165) is 16.7 Å². The molecule has 1 atom stereocenters. The molecule has 1 fully saturated rings. The molecule has 1 amide bonds. The predicted molar refractivity (Wildman–Crippen MR) is 148 cm³/mol. The normalized spacial score (nSPS) is 17.8. The van der Waals surface area contributed by atoms with Crippen LogP contribution in [-0.2, 0) is 20.4 Å². The monoisotopic (exact) mass is 497 g/mol. The predicted octanol–water partition coefficient (Wildman–Crippen LogP) is 6.92. The molecule has 37 heavy (non-hydrogen) atoms. The number of nitrogens with zero attached hydrogens (tertiary/aromatic N) is 1. The molecule has 1 aliphatic heterocycles. The number of rotatable bonds is 4. The van der Waals surface area contributed by atoms with E-state index in [-0.39, 0.29) is 22.2 Å². The average molecular weight is 498 g/mol. The van der Waals surface area contributed by atoms with Crippen LogP contribution in [0, 0.1) is 0 Å². The van der Waals surface area contributed by atoms with Crippen LogP contribution in [0.2, 0.25) is 0 Å². The van der Waals surface area contributed by atoms with Crippen LogP contribution in [-0.4, -0.2) is 23.9 Å². The lowest BCUT2D eigenvalue weighted by molar-refractivity contribution is -0.132. The maximum absolute atomic E-state index is 13.5. The number of methoxy groups -OCH3 is 1. The van der Waals surface area contributed by atoms with E-state index in [1.807, 2.05) is 48.5 Å². The number of carbonyl (C=O) groups is 2. The van der Waals surface area contributed by atoms with Gasteiger partial charge in [-0.3, -0.25) is 14.5 Å². The molecule has 0 radical (unpaired) electrons. The molecule has 1 unspecified atom stereocenters. The van der Waals surface area contributed by atoms with Crippen LogP contribution in [0.25, 0.3) is 5.76 Å². The van der Waals surface area contributed by atoms with Gasteiger partial charge in [0.2, 0.25) is 0 Å². The van der Waals surface area contributed by atoms with Gasteiger partial charge >= 0.3 is 0 Å². The summed E-state index contributed by atoms with van der Waals surface area (Å²) in [5.41, 5.74) is 3.97. The molecule has 5 nitrogen and oxygen atoms in total. The molecule has 192 valence electrons. The van der Waals surface area contributed by atoms with Crippen molar-refractivity contribution in [3.8, 4) is 5.75 Å². The van der Waals surface area contributed by atoms with Gasteiger partial charge < -0.3 is 9.84 Å². The molecule has 1 aliphatic rings. The summed E-state index contributed by atoms with van der Waals surface area (Å²) in [6.45, 7) is 12.8. The van der Waals surface area contributed by atoms with Gasteiger partial charge in [-0.15, -0.1) is 0 Å². The Kier molecular flexibility index (Phi) is 6.76. The molecule has 5 heteroatoms. The number of aliphatic hydroxyl groups is 1. The highest BCUT2D eigenvalue weighted by atomic mass is 16.5. The molecule has 3 aromatic rings. The van der Waals surface area contributed by atoms with Crippen molar-refractivity contribution in [2.45, 2.75) is 58.4 Å². The van der Waals surface area contributed by atoms with Gasteiger partial charge in [-0.05, 0) is 51.8 Å². The van der Waals surface area contributed by atoms with Crippen LogP contribution in [0.4, 0.5) is 5.69 Å². The summed E-state index contributed by atoms with van der Waals surface area (Å²) in [7, 11) is 1.54. The van der Waals surface area contributed by atoms with Crippen LogP contribution in [0.3, 0.4) is 0 Å². The first-order valence-corrected chi connectivity index (χ1v) is 12.5. The second-order valence-electron chi connectivity index (χ2n) is 11.6. The fraction of sp³-hybridized carbons (Fsp3) is 0.312. The minimum Gasteiger partial charge on any atom is -0.507 e. The molecule has 1 N–H and O–H groups in total. The van der Waals surface area contributed by atoms with Gasteiger partial charge in [0.1, 0.15) is 11.5 Å². The number of amides is 1. The van der Waals surface area contributed by atoms with Crippen LogP contribution >= 0.6 is 0 Å². The molecular formula is C32H35NO4. The standard InChI is InChI=1S/C32H35NO4/c1-31(2,3)22-13-11-20(12-14-22)27-26(28(34)21-9-8-10-25(19-21)37-7)29(35)30(36)33(27)24-17-15-23(16-18-24)32(4,5)6/h8-19,27,34H,1-7H3/b28-26-. The molecule has 1 heterocycles. The van der Waals surface area contributed by atoms with Crippen molar-refractivity contribution >= 4 is 23.1 Å². The zero-order chi connectivity index (χ0) is 27.1. The highest BCUT2D eigenvalue weighted by Gasteiger charge is 2.47. The molecule has 0 saturated carbocycles. The van der Waals surface area contributed by atoms with E-state index in [1.165, 1.54) is 12.0 Å². The molecule has 0 bridgehead atoms. The first-order chi connectivity index (χ1) is 17.3. The number of ketones is 1. The number of hydrogen-bond acceptors (Lipinski definition) is 4. The van der Waals surface area contributed by atoms with Gasteiger partial charge in [0, 0.05) is 11.3 Å². The third kappa shape index (κ3) is 5.04. The van der Waals surface area contributed by atoms with Crippen LogP contribution in [0.1, 0.15) is 69.8 Å². The average Bonchev–Trinajstić information content (AvgIpc) is 3.13. The SMILES string of the molecule is COc1cccc(/C(O)=C2/C(=O)C(=O)N(c3ccc(C(C)(C)C)cc3)C2c2ccc(C(C)(C)C)cc2)c1.